The van der Waals surface area contributed by atoms with Crippen LogP contribution in [0.1, 0.15) is 30.9 Å². The molecule has 4 heteroatoms. The Balaban J connectivity index is 1.83. The number of rotatable bonds is 4. The number of nitrogens with zero attached hydrogens (tertiary/aromatic N) is 1. The fraction of sp³-hybridized carbons (Fsp3) is 0.562. The molecule has 0 spiro atoms. The molecule has 0 aromatic heterocycles. The van der Waals surface area contributed by atoms with Crippen molar-refractivity contribution in [2.45, 2.75) is 39.7 Å². The normalized spacial score (nSPS) is 19.1. The van der Waals surface area contributed by atoms with Gasteiger partial charge in [0.1, 0.15) is 0 Å². The van der Waals surface area contributed by atoms with Crippen LogP contribution in [0.25, 0.3) is 0 Å². The molecule has 1 aromatic rings. The number of likely N-dealkylation sites (tertiary alicyclic amines) is 1. The first kappa shape index (κ1) is 15.3. The molecule has 0 bridgehead atoms. The van der Waals surface area contributed by atoms with Gasteiger partial charge in [0.15, 0.2) is 5.11 Å². The van der Waals surface area contributed by atoms with E-state index in [-0.39, 0.29) is 0 Å². The number of benzene rings is 1. The summed E-state index contributed by atoms with van der Waals surface area (Å²) in [6, 6.07) is 7.03. The van der Waals surface area contributed by atoms with Crippen molar-refractivity contribution in [1.29, 1.82) is 0 Å². The minimum absolute atomic E-state index is 0.624. The highest BCUT2D eigenvalue weighted by Gasteiger charge is 2.22. The summed E-state index contributed by atoms with van der Waals surface area (Å²) in [5.41, 5.74) is 3.57. The van der Waals surface area contributed by atoms with E-state index in [0.29, 0.717) is 6.04 Å². The Hall–Kier alpha value is -1.13. The number of thiocarbonyl (C=S) groups is 1. The van der Waals surface area contributed by atoms with Gasteiger partial charge in [-0.25, -0.2) is 0 Å². The van der Waals surface area contributed by atoms with Crippen molar-refractivity contribution in [3.63, 3.8) is 0 Å². The molecule has 1 heterocycles. The van der Waals surface area contributed by atoms with Gasteiger partial charge in [0.25, 0.3) is 0 Å². The molecule has 2 N–H and O–H groups in total. The van der Waals surface area contributed by atoms with Gasteiger partial charge in [0, 0.05) is 18.3 Å². The van der Waals surface area contributed by atoms with Crippen LogP contribution in [0, 0.1) is 13.8 Å². The predicted octanol–water partition coefficient (Wildman–Crippen LogP) is 3.07. The summed E-state index contributed by atoms with van der Waals surface area (Å²) in [6.45, 7) is 9.72. The number of hydrogen-bond acceptors (Lipinski definition) is 2. The van der Waals surface area contributed by atoms with Gasteiger partial charge in [0.05, 0.1) is 0 Å². The third kappa shape index (κ3) is 4.18. The molecule has 1 unspecified atom stereocenters. The first-order valence-electron chi connectivity index (χ1n) is 7.45. The van der Waals surface area contributed by atoms with Gasteiger partial charge >= 0.3 is 0 Å². The highest BCUT2D eigenvalue weighted by molar-refractivity contribution is 7.80. The molecule has 0 radical (unpaired) electrons. The molecule has 1 aliphatic heterocycles. The molecule has 1 aromatic carbocycles. The van der Waals surface area contributed by atoms with Crippen LogP contribution in [0.4, 0.5) is 5.69 Å². The maximum Gasteiger partial charge on any atom is 0.170 e. The Morgan fingerprint density at radius 3 is 2.65 bits per heavy atom. The van der Waals surface area contributed by atoms with Crippen LogP contribution in [0.2, 0.25) is 0 Å². The molecule has 1 fully saturated rings. The molecule has 20 heavy (non-hydrogen) atoms. The van der Waals surface area contributed by atoms with Crippen molar-refractivity contribution in [3.8, 4) is 0 Å². The predicted molar refractivity (Wildman–Crippen MR) is 90.4 cm³/mol. The summed E-state index contributed by atoms with van der Waals surface area (Å²) < 4.78 is 0. The lowest BCUT2D eigenvalue weighted by Crippen LogP contribution is -2.41. The van der Waals surface area contributed by atoms with E-state index >= 15 is 0 Å². The van der Waals surface area contributed by atoms with Crippen LogP contribution >= 0.6 is 12.2 Å². The minimum atomic E-state index is 0.624. The summed E-state index contributed by atoms with van der Waals surface area (Å²) in [5, 5.41) is 7.36. The van der Waals surface area contributed by atoms with Crippen molar-refractivity contribution in [2.24, 2.45) is 0 Å². The van der Waals surface area contributed by atoms with Crippen LogP contribution in [0.3, 0.4) is 0 Å². The van der Waals surface area contributed by atoms with Crippen molar-refractivity contribution >= 4 is 23.0 Å². The van der Waals surface area contributed by atoms with Crippen molar-refractivity contribution in [1.82, 2.24) is 10.2 Å². The zero-order valence-corrected chi connectivity index (χ0v) is 13.5. The summed E-state index contributed by atoms with van der Waals surface area (Å²) in [7, 11) is 0. The van der Waals surface area contributed by atoms with E-state index in [9.17, 15) is 0 Å². The van der Waals surface area contributed by atoms with Crippen LogP contribution in [0.5, 0.6) is 0 Å². The molecular weight excluding hydrogens is 266 g/mol. The van der Waals surface area contributed by atoms with Gasteiger partial charge in [0.2, 0.25) is 0 Å². The lowest BCUT2D eigenvalue weighted by molar-refractivity contribution is 0.267. The lowest BCUT2D eigenvalue weighted by Gasteiger charge is -2.23. The number of hydrogen-bond donors (Lipinski definition) is 2. The summed E-state index contributed by atoms with van der Waals surface area (Å²) in [6.07, 6.45) is 2.57. The molecule has 0 aliphatic carbocycles. The SMILES string of the molecule is CCN1CCCC1CNC(=S)Nc1cc(C)cc(C)c1. The Labute approximate surface area is 127 Å². The van der Waals surface area contributed by atoms with Gasteiger partial charge < -0.3 is 10.6 Å². The van der Waals surface area contributed by atoms with Crippen molar-refractivity contribution in [2.75, 3.05) is 25.0 Å². The topological polar surface area (TPSA) is 27.3 Å². The van der Waals surface area contributed by atoms with Crippen LogP contribution < -0.4 is 10.6 Å². The lowest BCUT2D eigenvalue weighted by atomic mass is 10.1. The zero-order valence-electron chi connectivity index (χ0n) is 12.7. The minimum Gasteiger partial charge on any atom is -0.361 e. The molecule has 0 saturated carbocycles. The molecular formula is C16H25N3S. The fourth-order valence-corrected chi connectivity index (χ4v) is 3.18. The van der Waals surface area contributed by atoms with E-state index in [1.165, 1.54) is 30.5 Å². The Morgan fingerprint density at radius 1 is 1.30 bits per heavy atom. The summed E-state index contributed by atoms with van der Waals surface area (Å²) >= 11 is 5.39. The molecule has 2 rings (SSSR count). The molecule has 1 saturated heterocycles. The maximum absolute atomic E-state index is 5.39. The number of nitrogens with one attached hydrogen (secondary N) is 2. The third-order valence-electron chi connectivity index (χ3n) is 3.88. The number of aryl methyl sites for hydroxylation is 2. The fourth-order valence-electron chi connectivity index (χ4n) is 2.98. The molecule has 0 amide bonds. The standard InChI is InChI=1S/C16H25N3S/c1-4-19-7-5-6-15(19)11-17-16(20)18-14-9-12(2)8-13(3)10-14/h8-10,15H,4-7,11H2,1-3H3,(H2,17,18,20). The zero-order chi connectivity index (χ0) is 14.5. The van der Waals surface area contributed by atoms with Crippen LogP contribution in [-0.4, -0.2) is 35.7 Å². The second-order valence-corrected chi connectivity index (χ2v) is 6.04. The Morgan fingerprint density at radius 2 is 2.00 bits per heavy atom. The van der Waals surface area contributed by atoms with E-state index in [4.69, 9.17) is 12.2 Å². The average Bonchev–Trinajstić information content (AvgIpc) is 2.82. The average molecular weight is 291 g/mol. The van der Waals surface area contributed by atoms with Gasteiger partial charge in [-0.05, 0) is 75.3 Å². The van der Waals surface area contributed by atoms with E-state index < -0.39 is 0 Å². The largest absolute Gasteiger partial charge is 0.361 e. The van der Waals surface area contributed by atoms with E-state index in [1.54, 1.807) is 0 Å². The van der Waals surface area contributed by atoms with E-state index in [1.807, 2.05) is 0 Å². The van der Waals surface area contributed by atoms with Gasteiger partial charge in [-0.15, -0.1) is 0 Å². The summed E-state index contributed by atoms with van der Waals surface area (Å²) in [5.74, 6) is 0. The monoisotopic (exact) mass is 291 g/mol. The highest BCUT2D eigenvalue weighted by Crippen LogP contribution is 2.16. The van der Waals surface area contributed by atoms with E-state index in [0.717, 1.165) is 23.9 Å². The smallest absolute Gasteiger partial charge is 0.170 e. The second-order valence-electron chi connectivity index (χ2n) is 5.64. The van der Waals surface area contributed by atoms with Gasteiger partial charge in [-0.1, -0.05) is 13.0 Å². The summed E-state index contributed by atoms with van der Waals surface area (Å²) in [4.78, 5) is 2.52. The number of likely N-dealkylation sites (N-methyl/N-ethyl adjacent to an activating group) is 1. The van der Waals surface area contributed by atoms with Gasteiger partial charge in [-0.3, -0.25) is 4.90 Å². The first-order chi connectivity index (χ1) is 9.58. The quantitative estimate of drug-likeness (QED) is 0.834. The molecule has 1 atom stereocenters. The van der Waals surface area contributed by atoms with Gasteiger partial charge in [-0.2, -0.15) is 0 Å². The molecule has 3 nitrogen and oxygen atoms in total. The van der Waals surface area contributed by atoms with E-state index in [2.05, 4.69) is 54.5 Å². The van der Waals surface area contributed by atoms with Crippen LogP contribution in [0.15, 0.2) is 18.2 Å². The highest BCUT2D eigenvalue weighted by atomic mass is 32.1. The van der Waals surface area contributed by atoms with Crippen molar-refractivity contribution in [3.05, 3.63) is 29.3 Å². The van der Waals surface area contributed by atoms with Crippen molar-refractivity contribution < 1.29 is 0 Å². The Kier molecular flexibility index (Phi) is 5.38. The Bertz CT molecular complexity index is 453. The molecule has 1 aliphatic rings. The molecule has 110 valence electrons. The third-order valence-corrected chi connectivity index (χ3v) is 4.13. The number of anilines is 1. The first-order valence-corrected chi connectivity index (χ1v) is 7.86. The van der Waals surface area contributed by atoms with Crippen LogP contribution in [-0.2, 0) is 0 Å². The second kappa shape index (κ2) is 7.04. The maximum atomic E-state index is 5.39.